The third-order valence-electron chi connectivity index (χ3n) is 3.14. The van der Waals surface area contributed by atoms with Gasteiger partial charge in [-0.1, -0.05) is 24.3 Å². The molecular weight excluding hydrogens is 200 g/mol. The first-order chi connectivity index (χ1) is 7.93. The Morgan fingerprint density at radius 1 is 1.38 bits per heavy atom. The van der Waals surface area contributed by atoms with Gasteiger partial charge in [-0.25, -0.2) is 4.98 Å². The maximum absolute atomic E-state index is 5.21. The predicted molar refractivity (Wildman–Crippen MR) is 60.8 cm³/mol. The van der Waals surface area contributed by atoms with E-state index in [1.165, 1.54) is 30.4 Å². The van der Waals surface area contributed by atoms with Gasteiger partial charge in [0.15, 0.2) is 6.39 Å². The summed E-state index contributed by atoms with van der Waals surface area (Å²) in [5, 5.41) is 3.51. The van der Waals surface area contributed by atoms with E-state index in [-0.39, 0.29) is 0 Å². The van der Waals surface area contributed by atoms with E-state index in [9.17, 15) is 0 Å². The molecule has 0 amide bonds. The number of rotatable bonds is 3. The molecule has 0 saturated heterocycles. The molecule has 0 radical (unpaired) electrons. The molecule has 1 N–H and O–H groups in total. The molecule has 1 aromatic heterocycles. The molecule has 16 heavy (non-hydrogen) atoms. The van der Waals surface area contributed by atoms with Crippen molar-refractivity contribution in [1.29, 1.82) is 0 Å². The molecule has 0 fully saturated rings. The fraction of sp³-hybridized carbons (Fsp3) is 0.308. The average Bonchev–Trinajstić information content (AvgIpc) is 2.96. The quantitative estimate of drug-likeness (QED) is 0.852. The molecule has 3 heteroatoms. The summed E-state index contributed by atoms with van der Waals surface area (Å²) in [5.74, 6) is 0.893. The maximum atomic E-state index is 5.21. The SMILES string of the molecule is c1ccc2c(c1)CCC2NCc1cnco1. The summed E-state index contributed by atoms with van der Waals surface area (Å²) in [7, 11) is 0. The lowest BCUT2D eigenvalue weighted by atomic mass is 10.1. The van der Waals surface area contributed by atoms with Gasteiger partial charge < -0.3 is 9.73 Å². The first-order valence-electron chi connectivity index (χ1n) is 5.62. The Labute approximate surface area is 94.5 Å². The van der Waals surface area contributed by atoms with Crippen molar-refractivity contribution in [3.05, 3.63) is 53.7 Å². The molecule has 1 aliphatic rings. The van der Waals surface area contributed by atoms with Crippen LogP contribution >= 0.6 is 0 Å². The van der Waals surface area contributed by atoms with Crippen LogP contribution in [0.1, 0.15) is 29.3 Å². The van der Waals surface area contributed by atoms with Gasteiger partial charge in [0.1, 0.15) is 5.76 Å². The van der Waals surface area contributed by atoms with Crippen LogP contribution in [-0.4, -0.2) is 4.98 Å². The summed E-state index contributed by atoms with van der Waals surface area (Å²) >= 11 is 0. The molecule has 0 saturated carbocycles. The van der Waals surface area contributed by atoms with Gasteiger partial charge in [0, 0.05) is 6.04 Å². The number of nitrogens with zero attached hydrogens (tertiary/aromatic N) is 1. The lowest BCUT2D eigenvalue weighted by Gasteiger charge is -2.12. The van der Waals surface area contributed by atoms with Crippen LogP contribution in [0.25, 0.3) is 0 Å². The lowest BCUT2D eigenvalue weighted by Crippen LogP contribution is -2.18. The second-order valence-electron chi connectivity index (χ2n) is 4.14. The number of nitrogens with one attached hydrogen (secondary N) is 1. The molecule has 3 rings (SSSR count). The van der Waals surface area contributed by atoms with Gasteiger partial charge in [-0.3, -0.25) is 0 Å². The van der Waals surface area contributed by atoms with Gasteiger partial charge >= 0.3 is 0 Å². The van der Waals surface area contributed by atoms with Crippen molar-refractivity contribution in [2.75, 3.05) is 0 Å². The van der Waals surface area contributed by atoms with Crippen molar-refractivity contribution in [2.45, 2.75) is 25.4 Å². The van der Waals surface area contributed by atoms with Gasteiger partial charge in [0.2, 0.25) is 0 Å². The largest absolute Gasteiger partial charge is 0.447 e. The Bertz CT molecular complexity index is 465. The number of fused-ring (bicyclic) bond motifs is 1. The van der Waals surface area contributed by atoms with Gasteiger partial charge in [0.05, 0.1) is 12.7 Å². The molecule has 1 unspecified atom stereocenters. The van der Waals surface area contributed by atoms with Crippen molar-refractivity contribution in [3.8, 4) is 0 Å². The van der Waals surface area contributed by atoms with Crippen LogP contribution in [0.5, 0.6) is 0 Å². The first kappa shape index (κ1) is 9.60. The molecule has 1 atom stereocenters. The second-order valence-corrected chi connectivity index (χ2v) is 4.14. The zero-order valence-corrected chi connectivity index (χ0v) is 9.02. The lowest BCUT2D eigenvalue weighted by molar-refractivity contribution is 0.446. The third-order valence-corrected chi connectivity index (χ3v) is 3.14. The summed E-state index contributed by atoms with van der Waals surface area (Å²) in [6.07, 6.45) is 5.57. The molecule has 1 heterocycles. The number of oxazole rings is 1. The Balaban J connectivity index is 1.69. The van der Waals surface area contributed by atoms with Gasteiger partial charge in [-0.15, -0.1) is 0 Å². The van der Waals surface area contributed by atoms with Gasteiger partial charge in [0.25, 0.3) is 0 Å². The van der Waals surface area contributed by atoms with Crippen molar-refractivity contribution >= 4 is 0 Å². The van der Waals surface area contributed by atoms with E-state index in [0.29, 0.717) is 6.04 Å². The van der Waals surface area contributed by atoms with Crippen molar-refractivity contribution in [3.63, 3.8) is 0 Å². The van der Waals surface area contributed by atoms with Crippen LogP contribution in [0.4, 0.5) is 0 Å². The minimum atomic E-state index is 0.460. The smallest absolute Gasteiger partial charge is 0.180 e. The molecule has 1 aliphatic carbocycles. The van der Waals surface area contributed by atoms with Crippen molar-refractivity contribution < 1.29 is 4.42 Å². The maximum Gasteiger partial charge on any atom is 0.180 e. The molecule has 0 spiro atoms. The number of hydrogen-bond donors (Lipinski definition) is 1. The van der Waals surface area contributed by atoms with Gasteiger partial charge in [-0.2, -0.15) is 0 Å². The average molecular weight is 214 g/mol. The van der Waals surface area contributed by atoms with Crippen LogP contribution < -0.4 is 5.32 Å². The van der Waals surface area contributed by atoms with Crippen LogP contribution in [0.2, 0.25) is 0 Å². The fourth-order valence-electron chi connectivity index (χ4n) is 2.32. The van der Waals surface area contributed by atoms with E-state index in [4.69, 9.17) is 4.42 Å². The molecular formula is C13H14N2O. The number of aryl methyl sites for hydroxylation is 1. The molecule has 3 nitrogen and oxygen atoms in total. The monoisotopic (exact) mass is 214 g/mol. The predicted octanol–water partition coefficient (Wildman–Crippen LogP) is 2.45. The Morgan fingerprint density at radius 2 is 2.31 bits per heavy atom. The molecule has 0 aliphatic heterocycles. The first-order valence-corrected chi connectivity index (χ1v) is 5.62. The molecule has 2 aromatic rings. The van der Waals surface area contributed by atoms with Crippen molar-refractivity contribution in [2.24, 2.45) is 0 Å². The van der Waals surface area contributed by atoms with E-state index >= 15 is 0 Å². The molecule has 82 valence electrons. The minimum Gasteiger partial charge on any atom is -0.447 e. The highest BCUT2D eigenvalue weighted by molar-refractivity contribution is 5.34. The summed E-state index contributed by atoms with van der Waals surface area (Å²) in [6.45, 7) is 0.749. The summed E-state index contributed by atoms with van der Waals surface area (Å²) < 4.78 is 5.21. The summed E-state index contributed by atoms with van der Waals surface area (Å²) in [6, 6.07) is 9.10. The Kier molecular flexibility index (Phi) is 2.46. The second kappa shape index (κ2) is 4.10. The number of benzene rings is 1. The van der Waals surface area contributed by atoms with E-state index in [2.05, 4.69) is 34.6 Å². The summed E-state index contributed by atoms with van der Waals surface area (Å²) in [5.41, 5.74) is 2.90. The third kappa shape index (κ3) is 1.74. The number of hydrogen-bond acceptors (Lipinski definition) is 3. The van der Waals surface area contributed by atoms with Gasteiger partial charge in [-0.05, 0) is 24.0 Å². The van der Waals surface area contributed by atoms with Crippen LogP contribution in [0, 0.1) is 0 Å². The molecule has 0 bridgehead atoms. The molecule has 1 aromatic carbocycles. The standard InChI is InChI=1S/C13H14N2O/c1-2-4-12-10(3-1)5-6-13(12)15-8-11-7-14-9-16-11/h1-4,7,9,13,15H,5-6,8H2. The van der Waals surface area contributed by atoms with Crippen LogP contribution in [0.3, 0.4) is 0 Å². The Morgan fingerprint density at radius 3 is 3.19 bits per heavy atom. The zero-order valence-electron chi connectivity index (χ0n) is 9.02. The normalized spacial score (nSPS) is 18.6. The van der Waals surface area contributed by atoms with E-state index in [0.717, 1.165) is 12.3 Å². The number of aromatic nitrogens is 1. The fourth-order valence-corrected chi connectivity index (χ4v) is 2.32. The van der Waals surface area contributed by atoms with Crippen molar-refractivity contribution in [1.82, 2.24) is 10.3 Å². The highest BCUT2D eigenvalue weighted by Crippen LogP contribution is 2.30. The van der Waals surface area contributed by atoms with Crippen LogP contribution in [-0.2, 0) is 13.0 Å². The topological polar surface area (TPSA) is 38.1 Å². The van der Waals surface area contributed by atoms with E-state index in [1.807, 2.05) is 0 Å². The highest BCUT2D eigenvalue weighted by atomic mass is 16.3. The van der Waals surface area contributed by atoms with E-state index < -0.39 is 0 Å². The highest BCUT2D eigenvalue weighted by Gasteiger charge is 2.21. The summed E-state index contributed by atoms with van der Waals surface area (Å²) in [4.78, 5) is 3.91. The Hall–Kier alpha value is -1.61. The van der Waals surface area contributed by atoms with Crippen LogP contribution in [0.15, 0.2) is 41.3 Å². The van der Waals surface area contributed by atoms with E-state index in [1.54, 1.807) is 6.20 Å². The zero-order chi connectivity index (χ0) is 10.8. The minimum absolute atomic E-state index is 0.460.